The zero-order chi connectivity index (χ0) is 30.3. The topological polar surface area (TPSA) is 0 Å². The van der Waals surface area contributed by atoms with Crippen LogP contribution in [0.3, 0.4) is 0 Å². The summed E-state index contributed by atoms with van der Waals surface area (Å²) in [5.41, 5.74) is 0. The van der Waals surface area contributed by atoms with Crippen molar-refractivity contribution in [2.75, 3.05) is 0 Å². The summed E-state index contributed by atoms with van der Waals surface area (Å²) < 4.78 is 0. The summed E-state index contributed by atoms with van der Waals surface area (Å²) in [5.74, 6) is 1.25. The van der Waals surface area contributed by atoms with Crippen molar-refractivity contribution in [2.24, 2.45) is 11.8 Å². The summed E-state index contributed by atoms with van der Waals surface area (Å²) in [5, 5.41) is 0. The monoisotopic (exact) mass is 524 g/mol. The van der Waals surface area contributed by atoms with E-state index in [-0.39, 0.29) is 47.5 Å². The second-order valence-corrected chi connectivity index (χ2v) is 7.36. The zero-order valence-electron chi connectivity index (χ0n) is 23.0. The van der Waals surface area contributed by atoms with Gasteiger partial charge in [0, 0.05) is 233 Å². The predicted octanol–water partition coefficient (Wildman–Crippen LogP) is -7.04. The van der Waals surface area contributed by atoms with Gasteiger partial charge < -0.3 is 13.8 Å². The predicted molar refractivity (Wildman–Crippen MR) is 201 cm³/mol. The maximum absolute atomic E-state index is 5.19. The summed E-state index contributed by atoms with van der Waals surface area (Å²) in [6.07, 6.45) is 4.74. The Hall–Kier alpha value is 2.86. The van der Waals surface area contributed by atoms with Gasteiger partial charge in [-0.25, -0.2) is 0 Å². The van der Waals surface area contributed by atoms with Gasteiger partial charge in [-0.05, 0) is 0 Å². The van der Waals surface area contributed by atoms with Gasteiger partial charge in [-0.2, -0.15) is 11.8 Å². The van der Waals surface area contributed by atoms with E-state index in [4.69, 9.17) is 61.9 Å². The molecule has 28 heteroatoms. The Kier molecular flexibility index (Phi) is 78.4. The fourth-order valence-corrected chi connectivity index (χ4v) is 1.77. The van der Waals surface area contributed by atoms with Crippen molar-refractivity contribution < 1.29 is 32.7 Å². The fourth-order valence-electron chi connectivity index (χ4n) is 1.77. The Morgan fingerprint density at radius 2 is 0.737 bits per heavy atom. The van der Waals surface area contributed by atoms with Crippen LogP contribution < -0.4 is 0 Å². The molecule has 2 atom stereocenters. The van der Waals surface area contributed by atoms with Gasteiger partial charge in [-0.1, -0.05) is 38.5 Å². The average Bonchev–Trinajstić information content (AvgIpc) is 2.76. The van der Waals surface area contributed by atoms with Crippen molar-refractivity contribution in [2.45, 2.75) is 38.5 Å². The van der Waals surface area contributed by atoms with E-state index >= 15 is 0 Å². The van der Waals surface area contributed by atoms with E-state index in [0.717, 1.165) is 7.06 Å². The molecule has 0 amide bonds. The number of rotatable bonds is 3. The molecule has 0 spiro atoms. The Morgan fingerprint density at radius 3 is 0.842 bits per heavy atom. The third-order valence-corrected chi connectivity index (χ3v) is 3.68. The van der Waals surface area contributed by atoms with Gasteiger partial charge in [0.25, 0.3) is 0 Å². The molecule has 0 aromatic carbocycles. The third-order valence-electron chi connectivity index (χ3n) is 3.68. The van der Waals surface area contributed by atoms with E-state index in [2.05, 4.69) is 91.2 Å². The molecule has 0 N–H and O–H groups in total. The van der Waals surface area contributed by atoms with Crippen molar-refractivity contribution in [3.05, 3.63) is 13.8 Å². The van der Waals surface area contributed by atoms with Crippen molar-refractivity contribution in [1.82, 2.24) is 0 Å². The second-order valence-electron chi connectivity index (χ2n) is 7.36. The van der Waals surface area contributed by atoms with Crippen LogP contribution in [0.5, 0.6) is 0 Å². The van der Waals surface area contributed by atoms with Crippen molar-refractivity contribution in [3.8, 4) is 0 Å². The second kappa shape index (κ2) is 49.5. The first-order valence-electron chi connectivity index (χ1n) is 11.1. The molecule has 1 aliphatic rings. The molecule has 1 aliphatic carbocycles. The summed E-state index contributed by atoms with van der Waals surface area (Å²) in [6, 6.07) is 0. The van der Waals surface area contributed by atoms with Crippen LogP contribution in [0, 0.1) is 25.7 Å². The van der Waals surface area contributed by atoms with E-state index in [0.29, 0.717) is 11.8 Å². The molecule has 2 unspecified atom stereocenters. The van der Waals surface area contributed by atoms with Crippen molar-refractivity contribution >= 4 is 200 Å². The summed E-state index contributed by atoms with van der Waals surface area (Å²) in [4.78, 5) is 0. The van der Waals surface area contributed by atoms with Crippen LogP contribution in [0.4, 0.5) is 0 Å². The van der Waals surface area contributed by atoms with Gasteiger partial charge in [0.05, 0.1) is 0 Å². The molecular weight excluding hydrogens is 501 g/mol. The quantitative estimate of drug-likeness (QED) is 0.257. The van der Waals surface area contributed by atoms with Crippen LogP contribution in [0.15, 0.2) is 0 Å². The molecule has 0 bridgehead atoms. The standard InChI is InChI=1S/C10H18.B7.B6.2B4.B3.B2.B.Y/c1-9-7-5-3-4-6-8-10(9)2;1-5-7(4)6(2)3;1-5(2)6(3)4;2*1-4(2)3;1-3-2;1-2;;/h9-10H,1-8H2;;;;;;;;/q-2;;;;;;;;. The number of hydrogen-bond donors (Lipinski definition) is 0. The van der Waals surface area contributed by atoms with Crippen LogP contribution in [0.25, 0.3) is 0 Å². The molecule has 0 aliphatic heterocycles. The molecule has 0 aromatic rings. The molecule has 1 fully saturated rings. The largest absolute Gasteiger partial charge is 0.342 e. The van der Waals surface area contributed by atoms with Crippen LogP contribution in [0.2, 0.25) is 0 Å². The molecule has 38 heavy (non-hydrogen) atoms. The van der Waals surface area contributed by atoms with Crippen LogP contribution in [-0.2, 0) is 32.7 Å². The zero-order valence-corrected chi connectivity index (χ0v) is 25.8. The minimum Gasteiger partial charge on any atom is -0.342 e. The van der Waals surface area contributed by atoms with Crippen LogP contribution >= 0.6 is 0 Å². The minimum atomic E-state index is -0.667. The molecular formula is C10H18B27Y-2. The molecule has 0 aromatic heterocycles. The van der Waals surface area contributed by atoms with Gasteiger partial charge in [0.1, 0.15) is 0 Å². The molecule has 1 saturated carbocycles. The van der Waals surface area contributed by atoms with Gasteiger partial charge in [-0.3, -0.25) is 0 Å². The average molecular weight is 519 g/mol. The van der Waals surface area contributed by atoms with Gasteiger partial charge >= 0.3 is 0 Å². The Balaban J connectivity index is -0.0000000484. The molecule has 42 radical (unpaired) electrons. The molecule has 0 saturated heterocycles. The van der Waals surface area contributed by atoms with E-state index in [1.165, 1.54) is 45.6 Å². The van der Waals surface area contributed by atoms with Crippen molar-refractivity contribution in [3.63, 3.8) is 0 Å². The minimum absolute atomic E-state index is 0. The van der Waals surface area contributed by atoms with E-state index < -0.39 is 31.9 Å². The first kappa shape index (κ1) is 60.1. The maximum atomic E-state index is 5.19. The van der Waals surface area contributed by atoms with E-state index in [1.54, 1.807) is 0 Å². The summed E-state index contributed by atoms with van der Waals surface area (Å²) in [6.45, 7) is 8.24. The van der Waals surface area contributed by atoms with Crippen LogP contribution in [0.1, 0.15) is 38.5 Å². The first-order valence-corrected chi connectivity index (χ1v) is 11.1. The van der Waals surface area contributed by atoms with E-state index in [9.17, 15) is 0 Å². The molecule has 0 nitrogen and oxygen atoms in total. The van der Waals surface area contributed by atoms with Gasteiger partial charge in [0.2, 0.25) is 0 Å². The van der Waals surface area contributed by atoms with Gasteiger partial charge in [-0.15, -0.1) is 0 Å². The molecule has 0 heterocycles. The SMILES string of the molecule is [B].[B]B([B])B([B])[B].[B]B([B])[B].[B]B([B])[B].[B][B].[B][B]B([B])B([B])[B].[B][B][B].[CH2-]C1CCCCCCC1[CH2-].[Y]. The summed E-state index contributed by atoms with van der Waals surface area (Å²) in [7, 11) is 87.4. The van der Waals surface area contributed by atoms with Gasteiger partial charge in [0.15, 0.2) is 0 Å². The molecule has 1 rings (SSSR count). The molecule has 144 valence electrons. The van der Waals surface area contributed by atoms with Crippen LogP contribution in [-0.4, -0.2) is 200 Å². The number of hydrogen-bond acceptors (Lipinski definition) is 0. The fraction of sp³-hybridized carbons (Fsp3) is 0.800. The maximum Gasteiger partial charge on any atom is 0 e. The Morgan fingerprint density at radius 1 is 0.526 bits per heavy atom. The summed E-state index contributed by atoms with van der Waals surface area (Å²) >= 11 is 0. The smallest absolute Gasteiger partial charge is 0 e. The normalized spacial score (nSPS) is 13.8. The van der Waals surface area contributed by atoms with E-state index in [1.807, 2.05) is 0 Å². The Labute approximate surface area is 294 Å². The third kappa shape index (κ3) is 83.3. The first-order chi connectivity index (χ1) is 16.5. The van der Waals surface area contributed by atoms with Crippen molar-refractivity contribution in [1.29, 1.82) is 0 Å². The Bertz CT molecular complexity index is 318.